The van der Waals surface area contributed by atoms with E-state index in [9.17, 15) is 13.2 Å². The second-order valence-electron chi connectivity index (χ2n) is 7.12. The van der Waals surface area contributed by atoms with Crippen molar-refractivity contribution in [2.45, 2.75) is 30.7 Å². The van der Waals surface area contributed by atoms with E-state index in [0.717, 1.165) is 18.4 Å². The van der Waals surface area contributed by atoms with E-state index in [1.807, 2.05) is 23.1 Å². The van der Waals surface area contributed by atoms with Crippen LogP contribution in [0.25, 0.3) is 0 Å². The van der Waals surface area contributed by atoms with Crippen molar-refractivity contribution >= 4 is 32.7 Å². The summed E-state index contributed by atoms with van der Waals surface area (Å²) in [6.07, 6.45) is 1.81. The summed E-state index contributed by atoms with van der Waals surface area (Å²) in [4.78, 5) is 18.5. The summed E-state index contributed by atoms with van der Waals surface area (Å²) in [5.41, 5.74) is 0.978. The third kappa shape index (κ3) is 2.96. The van der Waals surface area contributed by atoms with Gasteiger partial charge in [0, 0.05) is 17.7 Å². The van der Waals surface area contributed by atoms with E-state index in [2.05, 4.69) is 4.99 Å². The molecule has 0 bridgehead atoms. The van der Waals surface area contributed by atoms with Crippen LogP contribution in [0.2, 0.25) is 0 Å². The first-order valence-corrected chi connectivity index (χ1v) is 11.3. The van der Waals surface area contributed by atoms with Gasteiger partial charge in [0.15, 0.2) is 26.5 Å². The fraction of sp³-hybridized carbons (Fsp3) is 0.529. The molecule has 3 heterocycles. The van der Waals surface area contributed by atoms with Crippen molar-refractivity contribution in [2.75, 3.05) is 18.3 Å². The maximum Gasteiger partial charge on any atom is 0.251 e. The number of carbonyl (C=O) groups excluding carboxylic acids is 1. The highest BCUT2D eigenvalue weighted by Gasteiger charge is 2.49. The number of nitrogens with zero attached hydrogens (tertiary/aromatic N) is 2. The second-order valence-corrected chi connectivity index (χ2v) is 10.5. The SMILES string of the molecule is O=C(N=C1S[C@@H]2CS(=O)(=O)C[C@H]2N1Cc1ccc2c(c1)OCO2)C1CC1. The van der Waals surface area contributed by atoms with E-state index in [1.54, 1.807) is 0 Å². The van der Waals surface area contributed by atoms with Crippen LogP contribution < -0.4 is 9.47 Å². The maximum atomic E-state index is 12.2. The van der Waals surface area contributed by atoms with E-state index >= 15 is 0 Å². The highest BCUT2D eigenvalue weighted by Crippen LogP contribution is 2.41. The van der Waals surface area contributed by atoms with Crippen molar-refractivity contribution in [1.29, 1.82) is 0 Å². The Kier molecular flexibility index (Phi) is 3.72. The van der Waals surface area contributed by atoms with Crippen LogP contribution in [-0.4, -0.2) is 54.0 Å². The van der Waals surface area contributed by atoms with E-state index in [-0.39, 0.29) is 41.4 Å². The van der Waals surface area contributed by atoms with Gasteiger partial charge < -0.3 is 14.4 Å². The van der Waals surface area contributed by atoms with Crippen molar-refractivity contribution in [2.24, 2.45) is 10.9 Å². The molecule has 0 radical (unpaired) electrons. The van der Waals surface area contributed by atoms with E-state index in [4.69, 9.17) is 9.47 Å². The molecule has 0 aromatic heterocycles. The maximum absolute atomic E-state index is 12.2. The lowest BCUT2D eigenvalue weighted by molar-refractivity contribution is -0.118. The van der Waals surface area contributed by atoms with Gasteiger partial charge in [-0.1, -0.05) is 17.8 Å². The number of ether oxygens (including phenoxy) is 2. The van der Waals surface area contributed by atoms with Crippen LogP contribution in [0.15, 0.2) is 23.2 Å². The molecule has 0 N–H and O–H groups in total. The molecule has 2 atom stereocenters. The quantitative estimate of drug-likeness (QED) is 0.766. The zero-order chi connectivity index (χ0) is 17.9. The molecule has 3 fully saturated rings. The summed E-state index contributed by atoms with van der Waals surface area (Å²) in [7, 11) is -3.04. The molecule has 1 aliphatic carbocycles. The minimum absolute atomic E-state index is 0.0552. The zero-order valence-electron chi connectivity index (χ0n) is 14.0. The average molecular weight is 394 g/mol. The highest BCUT2D eigenvalue weighted by atomic mass is 32.2. The predicted molar refractivity (Wildman–Crippen MR) is 97.1 cm³/mol. The Bertz CT molecular complexity index is 910. The molecule has 1 amide bonds. The summed E-state index contributed by atoms with van der Waals surface area (Å²) < 4.78 is 34.9. The predicted octanol–water partition coefficient (Wildman–Crippen LogP) is 1.42. The standard InChI is InChI=1S/C17H18N2O5S2/c20-16(11-2-3-11)18-17-19(12-7-26(21,22)8-15(12)25-17)6-10-1-4-13-14(5-10)24-9-23-13/h1,4-5,11-12,15H,2-3,6-9H2/t12-,15-/m1/s1. The Labute approximate surface area is 155 Å². The summed E-state index contributed by atoms with van der Waals surface area (Å²) >= 11 is 1.43. The van der Waals surface area contributed by atoms with Crippen LogP contribution in [-0.2, 0) is 21.2 Å². The Morgan fingerprint density at radius 3 is 2.85 bits per heavy atom. The molecule has 2 saturated heterocycles. The second kappa shape index (κ2) is 5.88. The zero-order valence-corrected chi connectivity index (χ0v) is 15.6. The third-order valence-electron chi connectivity index (χ3n) is 5.10. The molecule has 26 heavy (non-hydrogen) atoms. The van der Waals surface area contributed by atoms with Crippen molar-refractivity contribution in [1.82, 2.24) is 4.90 Å². The van der Waals surface area contributed by atoms with Gasteiger partial charge in [0.2, 0.25) is 6.79 Å². The van der Waals surface area contributed by atoms with Gasteiger partial charge in [-0.05, 0) is 30.5 Å². The first kappa shape index (κ1) is 16.4. The molecule has 138 valence electrons. The highest BCUT2D eigenvalue weighted by molar-refractivity contribution is 8.15. The molecule has 1 saturated carbocycles. The molecule has 0 spiro atoms. The Hall–Kier alpha value is -1.74. The fourth-order valence-electron chi connectivity index (χ4n) is 3.57. The molecule has 1 aromatic rings. The summed E-state index contributed by atoms with van der Waals surface area (Å²) in [5, 5.41) is 0.601. The topological polar surface area (TPSA) is 85.3 Å². The molecule has 9 heteroatoms. The molecular weight excluding hydrogens is 376 g/mol. The van der Waals surface area contributed by atoms with Gasteiger partial charge in [-0.2, -0.15) is 4.99 Å². The van der Waals surface area contributed by atoms with Crippen LogP contribution in [0.3, 0.4) is 0 Å². The number of sulfone groups is 1. The minimum Gasteiger partial charge on any atom is -0.454 e. The number of amidine groups is 1. The van der Waals surface area contributed by atoms with Crippen molar-refractivity contribution < 1.29 is 22.7 Å². The number of thioether (sulfide) groups is 1. The van der Waals surface area contributed by atoms with Gasteiger partial charge in [0.25, 0.3) is 5.91 Å². The van der Waals surface area contributed by atoms with Gasteiger partial charge in [0.1, 0.15) is 0 Å². The lowest BCUT2D eigenvalue weighted by Crippen LogP contribution is -2.37. The number of hydrogen-bond donors (Lipinski definition) is 0. The molecule has 7 nitrogen and oxygen atoms in total. The molecule has 3 aliphatic heterocycles. The van der Waals surface area contributed by atoms with Crippen molar-refractivity contribution in [3.8, 4) is 11.5 Å². The normalized spacial score (nSPS) is 30.0. The lowest BCUT2D eigenvalue weighted by atomic mass is 10.1. The minimum atomic E-state index is -3.04. The van der Waals surface area contributed by atoms with Crippen LogP contribution in [0.4, 0.5) is 0 Å². The van der Waals surface area contributed by atoms with Gasteiger partial charge in [-0.25, -0.2) is 8.42 Å². The van der Waals surface area contributed by atoms with E-state index in [0.29, 0.717) is 23.2 Å². The number of carbonyl (C=O) groups is 1. The number of aliphatic imine (C=N–C) groups is 1. The van der Waals surface area contributed by atoms with Crippen molar-refractivity contribution in [3.63, 3.8) is 0 Å². The smallest absolute Gasteiger partial charge is 0.251 e. The van der Waals surface area contributed by atoms with Crippen LogP contribution in [0, 0.1) is 5.92 Å². The first-order chi connectivity index (χ1) is 12.5. The summed E-state index contributed by atoms with van der Waals surface area (Å²) in [6.45, 7) is 0.709. The van der Waals surface area contributed by atoms with Gasteiger partial charge in [-0.3, -0.25) is 4.79 Å². The van der Waals surface area contributed by atoms with Crippen LogP contribution in [0.1, 0.15) is 18.4 Å². The average Bonchev–Trinajstić information content (AvgIpc) is 3.18. The first-order valence-electron chi connectivity index (χ1n) is 8.63. The Balaban J connectivity index is 1.44. The van der Waals surface area contributed by atoms with E-state index in [1.165, 1.54) is 11.8 Å². The summed E-state index contributed by atoms with van der Waals surface area (Å²) in [6, 6.07) is 5.57. The van der Waals surface area contributed by atoms with Crippen LogP contribution >= 0.6 is 11.8 Å². The number of fused-ring (bicyclic) bond motifs is 2. The fourth-order valence-corrected chi connectivity index (χ4v) is 7.53. The lowest BCUT2D eigenvalue weighted by Gasteiger charge is -2.24. The molecule has 5 rings (SSSR count). The molecular formula is C17H18N2O5S2. The third-order valence-corrected chi connectivity index (χ3v) is 8.34. The Morgan fingerprint density at radius 2 is 2.04 bits per heavy atom. The van der Waals surface area contributed by atoms with E-state index < -0.39 is 9.84 Å². The summed E-state index contributed by atoms with van der Waals surface area (Å²) in [5.74, 6) is 1.65. The Morgan fingerprint density at radius 1 is 1.23 bits per heavy atom. The largest absolute Gasteiger partial charge is 0.454 e. The monoisotopic (exact) mass is 394 g/mol. The molecule has 0 unspecified atom stereocenters. The van der Waals surface area contributed by atoms with Gasteiger partial charge >= 0.3 is 0 Å². The molecule has 4 aliphatic rings. The number of amides is 1. The van der Waals surface area contributed by atoms with Gasteiger partial charge in [0.05, 0.1) is 17.5 Å². The number of benzene rings is 1. The van der Waals surface area contributed by atoms with Crippen LogP contribution in [0.5, 0.6) is 11.5 Å². The number of rotatable bonds is 3. The van der Waals surface area contributed by atoms with Crippen molar-refractivity contribution in [3.05, 3.63) is 23.8 Å². The van der Waals surface area contributed by atoms with Gasteiger partial charge in [-0.15, -0.1) is 0 Å². The molecule has 1 aromatic carbocycles. The number of hydrogen-bond acceptors (Lipinski definition) is 6.